The molecule has 0 unspecified atom stereocenters. The van der Waals surface area contributed by atoms with Crippen LogP contribution in [0.5, 0.6) is 0 Å². The van der Waals surface area contributed by atoms with Crippen LogP contribution in [0, 0.1) is 0 Å². The molecule has 10 heavy (non-hydrogen) atoms. The maximum absolute atomic E-state index is 5.23. The smallest absolute Gasteiger partial charge is 0.0265 e. The van der Waals surface area contributed by atoms with E-state index < -0.39 is 0 Å². The zero-order chi connectivity index (χ0) is 7.66. The van der Waals surface area contributed by atoms with Crippen LogP contribution in [0.15, 0.2) is 12.4 Å². The molecule has 4 heteroatoms. The van der Waals surface area contributed by atoms with Gasteiger partial charge in [0.15, 0.2) is 0 Å². The van der Waals surface area contributed by atoms with Crippen LogP contribution < -0.4 is 22.1 Å². The maximum Gasteiger partial charge on any atom is 0.0265 e. The summed E-state index contributed by atoms with van der Waals surface area (Å²) in [5.41, 5.74) is 10.5. The summed E-state index contributed by atoms with van der Waals surface area (Å²) in [4.78, 5) is 0. The van der Waals surface area contributed by atoms with Crippen LogP contribution >= 0.6 is 0 Å². The molecular formula is C6H16N4. The molecule has 0 heterocycles. The van der Waals surface area contributed by atoms with Crippen molar-refractivity contribution in [3.8, 4) is 0 Å². The van der Waals surface area contributed by atoms with E-state index in [0.29, 0.717) is 13.1 Å². The van der Waals surface area contributed by atoms with Gasteiger partial charge in [-0.25, -0.2) is 0 Å². The molecule has 0 amide bonds. The molecule has 0 atom stereocenters. The normalized spacial score (nSPS) is 10.2. The standard InChI is InChI=1S/C6H16N4/c7-1-3-9-5-6-10-4-2-8/h5-6,9-10H,1-4,7-8H2. The van der Waals surface area contributed by atoms with Gasteiger partial charge in [0.05, 0.1) is 0 Å². The van der Waals surface area contributed by atoms with E-state index >= 15 is 0 Å². The fraction of sp³-hybridized carbons (Fsp3) is 0.667. The summed E-state index contributed by atoms with van der Waals surface area (Å²) in [5.74, 6) is 0. The van der Waals surface area contributed by atoms with Gasteiger partial charge < -0.3 is 22.1 Å². The van der Waals surface area contributed by atoms with Crippen molar-refractivity contribution in [2.45, 2.75) is 0 Å². The Bertz CT molecular complexity index is 71.8. The molecule has 0 saturated carbocycles. The van der Waals surface area contributed by atoms with E-state index in [1.165, 1.54) is 0 Å². The van der Waals surface area contributed by atoms with Gasteiger partial charge in [0.2, 0.25) is 0 Å². The molecule has 0 aromatic heterocycles. The average molecular weight is 144 g/mol. The summed E-state index contributed by atoms with van der Waals surface area (Å²) in [7, 11) is 0. The minimum absolute atomic E-state index is 0.654. The molecule has 6 N–H and O–H groups in total. The average Bonchev–Trinajstić information content (AvgIpc) is 1.97. The zero-order valence-electron chi connectivity index (χ0n) is 6.14. The molecule has 0 aliphatic rings. The third-order valence-corrected chi connectivity index (χ3v) is 0.896. The lowest BCUT2D eigenvalue weighted by Gasteiger charge is -1.97. The summed E-state index contributed by atoms with van der Waals surface area (Å²) >= 11 is 0. The molecule has 0 aliphatic carbocycles. The first-order valence-corrected chi connectivity index (χ1v) is 3.43. The molecule has 0 bridgehead atoms. The molecule has 0 aromatic rings. The fourth-order valence-electron chi connectivity index (χ4n) is 0.451. The summed E-state index contributed by atoms with van der Waals surface area (Å²) in [5, 5.41) is 5.97. The van der Waals surface area contributed by atoms with Crippen molar-refractivity contribution in [3.05, 3.63) is 12.4 Å². The minimum Gasteiger partial charge on any atom is -0.388 e. The highest BCUT2D eigenvalue weighted by Gasteiger charge is 1.73. The monoisotopic (exact) mass is 144 g/mol. The van der Waals surface area contributed by atoms with Gasteiger partial charge in [-0.3, -0.25) is 0 Å². The minimum atomic E-state index is 0.654. The van der Waals surface area contributed by atoms with E-state index in [0.717, 1.165) is 13.1 Å². The second-order valence-electron chi connectivity index (χ2n) is 1.82. The number of hydrogen-bond acceptors (Lipinski definition) is 4. The first kappa shape index (κ1) is 9.26. The van der Waals surface area contributed by atoms with Crippen LogP contribution in [-0.4, -0.2) is 26.2 Å². The van der Waals surface area contributed by atoms with Crippen LogP contribution in [-0.2, 0) is 0 Å². The Balaban J connectivity index is 2.89. The number of nitrogens with one attached hydrogen (secondary N) is 2. The number of hydrogen-bond donors (Lipinski definition) is 4. The van der Waals surface area contributed by atoms with Gasteiger partial charge in [0, 0.05) is 38.6 Å². The highest BCUT2D eigenvalue weighted by molar-refractivity contribution is 4.76. The van der Waals surface area contributed by atoms with Gasteiger partial charge in [0.1, 0.15) is 0 Å². The molecule has 0 aliphatic heterocycles. The maximum atomic E-state index is 5.23. The number of rotatable bonds is 6. The fourth-order valence-corrected chi connectivity index (χ4v) is 0.451. The number of nitrogens with two attached hydrogens (primary N) is 2. The summed E-state index contributed by atoms with van der Waals surface area (Å²) in [6.07, 6.45) is 3.64. The lowest BCUT2D eigenvalue weighted by atomic mass is 10.6. The van der Waals surface area contributed by atoms with E-state index in [1.807, 2.05) is 12.4 Å². The molecule has 0 radical (unpaired) electrons. The topological polar surface area (TPSA) is 76.1 Å². The highest BCUT2D eigenvalue weighted by atomic mass is 14.9. The zero-order valence-corrected chi connectivity index (χ0v) is 6.14. The van der Waals surface area contributed by atoms with Gasteiger partial charge in [-0.2, -0.15) is 0 Å². The van der Waals surface area contributed by atoms with E-state index in [1.54, 1.807) is 0 Å². The predicted octanol–water partition coefficient (Wildman–Crippen LogP) is -1.45. The van der Waals surface area contributed by atoms with Gasteiger partial charge in [-0.05, 0) is 0 Å². The molecule has 0 rings (SSSR count). The largest absolute Gasteiger partial charge is 0.388 e. The van der Waals surface area contributed by atoms with Gasteiger partial charge in [0.25, 0.3) is 0 Å². The second kappa shape index (κ2) is 8.26. The second-order valence-corrected chi connectivity index (χ2v) is 1.82. The van der Waals surface area contributed by atoms with E-state index in [9.17, 15) is 0 Å². The van der Waals surface area contributed by atoms with Gasteiger partial charge in [-0.1, -0.05) is 0 Å². The molecule has 0 fully saturated rings. The molecule has 60 valence electrons. The molecule has 0 saturated heterocycles. The van der Waals surface area contributed by atoms with Crippen molar-refractivity contribution >= 4 is 0 Å². The first-order chi connectivity index (χ1) is 4.91. The van der Waals surface area contributed by atoms with Gasteiger partial charge >= 0.3 is 0 Å². The Morgan fingerprint density at radius 2 is 1.30 bits per heavy atom. The molecule has 0 aromatic carbocycles. The van der Waals surface area contributed by atoms with Crippen molar-refractivity contribution in [1.82, 2.24) is 10.6 Å². The quantitative estimate of drug-likeness (QED) is 0.344. The summed E-state index contributed by atoms with van der Waals surface area (Å²) in [6, 6.07) is 0. The Morgan fingerprint density at radius 3 is 1.60 bits per heavy atom. The lowest BCUT2D eigenvalue weighted by molar-refractivity contribution is 0.807. The Labute approximate surface area is 61.7 Å². The van der Waals surface area contributed by atoms with E-state index in [-0.39, 0.29) is 0 Å². The van der Waals surface area contributed by atoms with Crippen molar-refractivity contribution in [2.24, 2.45) is 11.5 Å². The summed E-state index contributed by atoms with van der Waals surface area (Å²) in [6.45, 7) is 2.92. The lowest BCUT2D eigenvalue weighted by Crippen LogP contribution is -2.20. The SMILES string of the molecule is NCCNC=CNCCN. The van der Waals surface area contributed by atoms with Crippen molar-refractivity contribution < 1.29 is 0 Å². The van der Waals surface area contributed by atoms with Gasteiger partial charge in [-0.15, -0.1) is 0 Å². The summed E-state index contributed by atoms with van der Waals surface area (Å²) < 4.78 is 0. The molecule has 0 spiro atoms. The van der Waals surface area contributed by atoms with Crippen molar-refractivity contribution in [3.63, 3.8) is 0 Å². The predicted molar refractivity (Wildman–Crippen MR) is 43.3 cm³/mol. The Kier molecular flexibility index (Phi) is 7.65. The van der Waals surface area contributed by atoms with E-state index in [4.69, 9.17) is 11.5 Å². The van der Waals surface area contributed by atoms with Crippen LogP contribution in [0.2, 0.25) is 0 Å². The first-order valence-electron chi connectivity index (χ1n) is 3.43. The van der Waals surface area contributed by atoms with Crippen LogP contribution in [0.4, 0.5) is 0 Å². The Morgan fingerprint density at radius 1 is 0.900 bits per heavy atom. The van der Waals surface area contributed by atoms with Crippen molar-refractivity contribution in [2.75, 3.05) is 26.2 Å². The van der Waals surface area contributed by atoms with E-state index in [2.05, 4.69) is 10.6 Å². The molecular weight excluding hydrogens is 128 g/mol. The van der Waals surface area contributed by atoms with Crippen LogP contribution in [0.25, 0.3) is 0 Å². The van der Waals surface area contributed by atoms with Crippen LogP contribution in [0.1, 0.15) is 0 Å². The highest BCUT2D eigenvalue weighted by Crippen LogP contribution is 1.59. The van der Waals surface area contributed by atoms with Crippen LogP contribution in [0.3, 0.4) is 0 Å². The molecule has 4 nitrogen and oxygen atoms in total. The Hall–Kier alpha value is -0.740. The van der Waals surface area contributed by atoms with Crippen molar-refractivity contribution in [1.29, 1.82) is 0 Å². The third kappa shape index (κ3) is 7.26. The third-order valence-electron chi connectivity index (χ3n) is 0.896.